The molecule has 0 fully saturated rings. The van der Waals surface area contributed by atoms with Gasteiger partial charge in [0.15, 0.2) is 0 Å². The minimum absolute atomic E-state index is 0.0968. The zero-order valence-corrected chi connectivity index (χ0v) is 15.7. The molecule has 0 saturated heterocycles. The third-order valence-electron chi connectivity index (χ3n) is 5.22. The number of rotatable bonds is 4. The van der Waals surface area contributed by atoms with Crippen molar-refractivity contribution in [1.29, 1.82) is 0 Å². The largest absolute Gasteiger partial charge is 0.497 e. The van der Waals surface area contributed by atoms with Crippen LogP contribution in [0.5, 0.6) is 5.75 Å². The quantitative estimate of drug-likeness (QED) is 0.768. The van der Waals surface area contributed by atoms with Gasteiger partial charge in [0.05, 0.1) is 12.0 Å². The topological polar surface area (TPSA) is 60.3 Å². The van der Waals surface area contributed by atoms with Crippen LogP contribution in [0.15, 0.2) is 53.4 Å². The molecule has 1 N–H and O–H groups in total. The highest BCUT2D eigenvalue weighted by atomic mass is 32.2. The summed E-state index contributed by atoms with van der Waals surface area (Å²) in [6.45, 7) is 0. The highest BCUT2D eigenvalue weighted by Crippen LogP contribution is 2.31. The maximum atomic E-state index is 12.7. The van der Waals surface area contributed by atoms with Gasteiger partial charge in [-0.05, 0) is 55.2 Å². The standard InChI is InChI=1S/C20H22N2O3S/c1-22-19-6-4-3-5-17(19)18-13-14(7-12-20(18)22)21-26(23,24)16-10-8-15(25-2)9-11-16/h3-6,8-11,14,21H,7,12-13H2,1-2H3. The van der Waals surface area contributed by atoms with Crippen LogP contribution in [0.1, 0.15) is 17.7 Å². The van der Waals surface area contributed by atoms with Gasteiger partial charge < -0.3 is 9.30 Å². The Bertz CT molecular complexity index is 1050. The van der Waals surface area contributed by atoms with Gasteiger partial charge in [-0.2, -0.15) is 0 Å². The van der Waals surface area contributed by atoms with Crippen molar-refractivity contribution < 1.29 is 13.2 Å². The van der Waals surface area contributed by atoms with E-state index in [2.05, 4.69) is 28.5 Å². The van der Waals surface area contributed by atoms with Crippen molar-refractivity contribution in [2.75, 3.05) is 7.11 Å². The van der Waals surface area contributed by atoms with E-state index in [-0.39, 0.29) is 10.9 Å². The molecule has 0 bridgehead atoms. The lowest BCUT2D eigenvalue weighted by Gasteiger charge is -2.24. The second kappa shape index (κ2) is 6.45. The number of nitrogens with zero attached hydrogens (tertiary/aromatic N) is 1. The van der Waals surface area contributed by atoms with E-state index in [1.165, 1.54) is 22.2 Å². The number of ether oxygens (including phenoxy) is 1. The maximum Gasteiger partial charge on any atom is 0.240 e. The lowest BCUT2D eigenvalue weighted by atomic mass is 9.92. The van der Waals surface area contributed by atoms with Crippen LogP contribution in [0.25, 0.3) is 10.9 Å². The number of hydrogen-bond acceptors (Lipinski definition) is 3. The molecule has 0 aliphatic heterocycles. The normalized spacial score (nSPS) is 17.2. The van der Waals surface area contributed by atoms with E-state index >= 15 is 0 Å². The minimum Gasteiger partial charge on any atom is -0.497 e. The van der Waals surface area contributed by atoms with Crippen LogP contribution in [0.3, 0.4) is 0 Å². The van der Waals surface area contributed by atoms with Gasteiger partial charge in [-0.25, -0.2) is 13.1 Å². The molecule has 1 atom stereocenters. The van der Waals surface area contributed by atoms with Gasteiger partial charge in [-0.3, -0.25) is 0 Å². The van der Waals surface area contributed by atoms with Crippen molar-refractivity contribution in [2.24, 2.45) is 7.05 Å². The second-order valence-electron chi connectivity index (χ2n) is 6.74. The predicted octanol–water partition coefficient (Wildman–Crippen LogP) is 3.02. The van der Waals surface area contributed by atoms with E-state index in [9.17, 15) is 8.42 Å². The van der Waals surface area contributed by atoms with Crippen LogP contribution in [0, 0.1) is 0 Å². The molecular weight excluding hydrogens is 348 g/mol. The zero-order valence-electron chi connectivity index (χ0n) is 14.9. The molecule has 136 valence electrons. The van der Waals surface area contributed by atoms with Crippen LogP contribution in [0.2, 0.25) is 0 Å². The van der Waals surface area contributed by atoms with Crippen LogP contribution in [0.4, 0.5) is 0 Å². The molecule has 1 aliphatic carbocycles. The highest BCUT2D eigenvalue weighted by Gasteiger charge is 2.27. The molecule has 26 heavy (non-hydrogen) atoms. The summed E-state index contributed by atoms with van der Waals surface area (Å²) in [7, 11) is 0.101. The number of nitrogens with one attached hydrogen (secondary N) is 1. The molecule has 4 rings (SSSR count). The van der Waals surface area contributed by atoms with E-state index < -0.39 is 10.0 Å². The van der Waals surface area contributed by atoms with Gasteiger partial charge in [0.2, 0.25) is 10.0 Å². The summed E-state index contributed by atoms with van der Waals surface area (Å²) in [4.78, 5) is 0.266. The Morgan fingerprint density at radius 3 is 2.58 bits per heavy atom. The van der Waals surface area contributed by atoms with Gasteiger partial charge in [-0.15, -0.1) is 0 Å². The predicted molar refractivity (Wildman–Crippen MR) is 102 cm³/mol. The molecule has 0 amide bonds. The highest BCUT2D eigenvalue weighted by molar-refractivity contribution is 7.89. The van der Waals surface area contributed by atoms with Crippen molar-refractivity contribution in [3.05, 3.63) is 59.8 Å². The summed E-state index contributed by atoms with van der Waals surface area (Å²) in [6, 6.07) is 14.7. The van der Waals surface area contributed by atoms with E-state index in [0.29, 0.717) is 12.2 Å². The fourth-order valence-electron chi connectivity index (χ4n) is 3.87. The Morgan fingerprint density at radius 1 is 1.12 bits per heavy atom. The van der Waals surface area contributed by atoms with Crippen LogP contribution in [-0.4, -0.2) is 26.1 Å². The van der Waals surface area contributed by atoms with Crippen molar-refractivity contribution in [3.63, 3.8) is 0 Å². The molecule has 0 saturated carbocycles. The second-order valence-corrected chi connectivity index (χ2v) is 8.45. The molecule has 5 nitrogen and oxygen atoms in total. The van der Waals surface area contributed by atoms with Crippen molar-refractivity contribution >= 4 is 20.9 Å². The Labute approximate surface area is 153 Å². The minimum atomic E-state index is -3.55. The van der Waals surface area contributed by atoms with Gasteiger partial charge in [-0.1, -0.05) is 18.2 Å². The number of methoxy groups -OCH3 is 1. The Kier molecular flexibility index (Phi) is 4.25. The van der Waals surface area contributed by atoms with Crippen molar-refractivity contribution in [1.82, 2.24) is 9.29 Å². The molecule has 1 unspecified atom stereocenters. The molecule has 0 spiro atoms. The number of hydrogen-bond donors (Lipinski definition) is 1. The van der Waals surface area contributed by atoms with Crippen LogP contribution < -0.4 is 9.46 Å². The smallest absolute Gasteiger partial charge is 0.240 e. The number of aromatic nitrogens is 1. The first-order chi connectivity index (χ1) is 12.5. The first kappa shape index (κ1) is 17.1. The molecule has 3 aromatic rings. The monoisotopic (exact) mass is 370 g/mol. The number of benzene rings is 2. The summed E-state index contributed by atoms with van der Waals surface area (Å²) in [5.41, 5.74) is 3.78. The molecule has 1 heterocycles. The summed E-state index contributed by atoms with van der Waals surface area (Å²) >= 11 is 0. The number of para-hydroxylation sites is 1. The average molecular weight is 370 g/mol. The fourth-order valence-corrected chi connectivity index (χ4v) is 5.14. The molecular formula is C20H22N2O3S. The van der Waals surface area contributed by atoms with Gasteiger partial charge in [0.1, 0.15) is 5.75 Å². The third kappa shape index (κ3) is 2.89. The van der Waals surface area contributed by atoms with Crippen LogP contribution in [-0.2, 0) is 29.9 Å². The molecule has 2 aromatic carbocycles. The van der Waals surface area contributed by atoms with Gasteiger partial charge in [0, 0.05) is 29.7 Å². The van der Waals surface area contributed by atoms with Gasteiger partial charge >= 0.3 is 0 Å². The zero-order chi connectivity index (χ0) is 18.3. The van der Waals surface area contributed by atoms with E-state index in [0.717, 1.165) is 12.8 Å². The average Bonchev–Trinajstić information content (AvgIpc) is 2.94. The molecule has 6 heteroatoms. The lowest BCUT2D eigenvalue weighted by molar-refractivity contribution is 0.414. The Morgan fingerprint density at radius 2 is 1.85 bits per heavy atom. The number of aryl methyl sites for hydroxylation is 1. The maximum absolute atomic E-state index is 12.7. The summed E-state index contributed by atoms with van der Waals surface area (Å²) in [5, 5.41) is 1.22. The lowest BCUT2D eigenvalue weighted by Crippen LogP contribution is -2.38. The summed E-state index contributed by atoms with van der Waals surface area (Å²) in [6.07, 6.45) is 2.38. The molecule has 1 aliphatic rings. The Hall–Kier alpha value is -2.31. The van der Waals surface area contributed by atoms with Gasteiger partial charge in [0.25, 0.3) is 0 Å². The first-order valence-electron chi connectivity index (χ1n) is 8.71. The van der Waals surface area contributed by atoms with E-state index in [1.807, 2.05) is 12.1 Å². The molecule has 0 radical (unpaired) electrons. The summed E-state index contributed by atoms with van der Waals surface area (Å²) in [5.74, 6) is 0.641. The van der Waals surface area contributed by atoms with E-state index in [1.54, 1.807) is 31.4 Å². The van der Waals surface area contributed by atoms with Crippen LogP contribution >= 0.6 is 0 Å². The van der Waals surface area contributed by atoms with Crippen molar-refractivity contribution in [3.8, 4) is 5.75 Å². The van der Waals surface area contributed by atoms with E-state index in [4.69, 9.17) is 4.74 Å². The fraction of sp³-hybridized carbons (Fsp3) is 0.300. The first-order valence-corrected chi connectivity index (χ1v) is 10.2. The Balaban J connectivity index is 1.60. The third-order valence-corrected chi connectivity index (χ3v) is 6.75. The SMILES string of the molecule is COc1ccc(S(=O)(=O)NC2CCc3c(c4ccccc4n3C)C2)cc1. The number of sulfonamides is 1. The summed E-state index contributed by atoms with van der Waals surface area (Å²) < 4.78 is 35.7. The molecule has 1 aromatic heterocycles. The van der Waals surface area contributed by atoms with Crippen molar-refractivity contribution in [2.45, 2.75) is 30.2 Å². The number of fused-ring (bicyclic) bond motifs is 3.